The number of thioether (sulfide) groups is 1. The number of benzene rings is 4. The number of thiazole rings is 1. The molecule has 0 aliphatic carbocycles. The van der Waals surface area contributed by atoms with E-state index in [0.717, 1.165) is 10.5 Å². The Morgan fingerprint density at radius 1 is 0.936 bits per heavy atom. The molecule has 47 heavy (non-hydrogen) atoms. The molecule has 5 rings (SSSR count). The Kier molecular flexibility index (Phi) is 11.2. The van der Waals surface area contributed by atoms with Gasteiger partial charge in [0.15, 0.2) is 5.13 Å². The van der Waals surface area contributed by atoms with Crippen LogP contribution in [0.1, 0.15) is 29.3 Å². The fourth-order valence-electron chi connectivity index (χ4n) is 4.41. The van der Waals surface area contributed by atoms with Crippen LogP contribution in [0.3, 0.4) is 0 Å². The Bertz CT molecular complexity index is 1880. The molecule has 1 unspecified atom stereocenters. The summed E-state index contributed by atoms with van der Waals surface area (Å²) in [7, 11) is 1.57. The molecule has 0 radical (unpaired) electrons. The number of halogens is 1. The van der Waals surface area contributed by atoms with Gasteiger partial charge in [0.1, 0.15) is 17.3 Å². The van der Waals surface area contributed by atoms with E-state index in [0.29, 0.717) is 39.8 Å². The molecule has 0 fully saturated rings. The molecule has 3 amide bonds. The molecule has 1 aromatic heterocycles. The lowest BCUT2D eigenvalue weighted by molar-refractivity contribution is -0.116. The molecule has 0 aliphatic heterocycles. The molecule has 0 aliphatic rings. The molecule has 4 aromatic carbocycles. The topological polar surface area (TPSA) is 109 Å². The van der Waals surface area contributed by atoms with Gasteiger partial charge in [0.25, 0.3) is 11.8 Å². The van der Waals surface area contributed by atoms with Crippen molar-refractivity contribution in [1.29, 1.82) is 0 Å². The number of carbonyl (C=O) groups excluding carboxylic acids is 3. The number of nitrogens with one attached hydrogen (secondary N) is 3. The second kappa shape index (κ2) is 15.8. The number of hydrogen-bond donors (Lipinski definition) is 3. The molecule has 238 valence electrons. The maximum Gasteiger partial charge on any atom is 0.272 e. The largest absolute Gasteiger partial charge is 0.497 e. The third kappa shape index (κ3) is 9.15. The highest BCUT2D eigenvalue weighted by Gasteiger charge is 2.21. The Morgan fingerprint density at radius 3 is 2.38 bits per heavy atom. The van der Waals surface area contributed by atoms with Crippen molar-refractivity contribution in [2.24, 2.45) is 0 Å². The van der Waals surface area contributed by atoms with Gasteiger partial charge < -0.3 is 20.7 Å². The molecule has 3 N–H and O–H groups in total. The predicted molar refractivity (Wildman–Crippen MR) is 186 cm³/mol. The van der Waals surface area contributed by atoms with Gasteiger partial charge in [-0.3, -0.25) is 14.4 Å². The lowest BCUT2D eigenvalue weighted by atomic mass is 10.1. The zero-order valence-electron chi connectivity index (χ0n) is 25.5. The van der Waals surface area contributed by atoms with Crippen molar-refractivity contribution in [3.63, 3.8) is 0 Å². The minimum Gasteiger partial charge on any atom is -0.497 e. The highest BCUT2D eigenvalue weighted by Crippen LogP contribution is 2.30. The zero-order chi connectivity index (χ0) is 33.2. The van der Waals surface area contributed by atoms with Crippen LogP contribution in [0.25, 0.3) is 17.3 Å². The number of rotatable bonds is 12. The molecule has 0 bridgehead atoms. The third-order valence-electron chi connectivity index (χ3n) is 6.86. The van der Waals surface area contributed by atoms with Gasteiger partial charge in [0.05, 0.1) is 18.1 Å². The standard InChI is InChI=1S/C36H31FN4O4S2/c1-3-32(35(44)41-36-40-31(22-46-36)24-14-16-26(37)17-15-24)47-29-11-7-10-27(21-29)38-34(43)30(20-23-12-18-28(45-2)19-13-23)39-33(42)25-8-5-4-6-9-25/h4-22,32H,3H2,1-2H3,(H,38,43)(H,39,42)(H,40,41,44)/b30-20+. The van der Waals surface area contributed by atoms with E-state index in [4.69, 9.17) is 4.74 Å². The van der Waals surface area contributed by atoms with E-state index in [1.54, 1.807) is 98.1 Å². The van der Waals surface area contributed by atoms with E-state index >= 15 is 0 Å². The van der Waals surface area contributed by atoms with Crippen molar-refractivity contribution < 1.29 is 23.5 Å². The first kappa shape index (κ1) is 33.1. The maximum absolute atomic E-state index is 13.5. The van der Waals surface area contributed by atoms with E-state index in [1.165, 1.54) is 35.2 Å². The van der Waals surface area contributed by atoms with Crippen LogP contribution in [0.15, 0.2) is 119 Å². The summed E-state index contributed by atoms with van der Waals surface area (Å²) in [6.07, 6.45) is 2.13. The molecular weight excluding hydrogens is 636 g/mol. The Hall–Kier alpha value is -5.26. The van der Waals surface area contributed by atoms with Crippen LogP contribution in [-0.4, -0.2) is 35.1 Å². The van der Waals surface area contributed by atoms with Crippen molar-refractivity contribution in [2.45, 2.75) is 23.5 Å². The highest BCUT2D eigenvalue weighted by atomic mass is 32.2. The van der Waals surface area contributed by atoms with Crippen LogP contribution in [0.5, 0.6) is 5.75 Å². The summed E-state index contributed by atoms with van der Waals surface area (Å²) < 4.78 is 18.5. The van der Waals surface area contributed by atoms with E-state index in [2.05, 4.69) is 20.9 Å². The lowest BCUT2D eigenvalue weighted by Gasteiger charge is -2.15. The van der Waals surface area contributed by atoms with Crippen molar-refractivity contribution >= 4 is 57.7 Å². The molecule has 0 spiro atoms. The van der Waals surface area contributed by atoms with Gasteiger partial charge in [-0.15, -0.1) is 23.1 Å². The molecule has 1 heterocycles. The highest BCUT2D eigenvalue weighted by molar-refractivity contribution is 8.00. The van der Waals surface area contributed by atoms with Crippen LogP contribution in [0, 0.1) is 5.82 Å². The quantitative estimate of drug-likeness (QED) is 0.0924. The number of anilines is 2. The molecule has 0 saturated heterocycles. The van der Waals surface area contributed by atoms with Crippen molar-refractivity contribution in [1.82, 2.24) is 10.3 Å². The number of nitrogens with zero attached hydrogens (tertiary/aromatic N) is 1. The predicted octanol–water partition coefficient (Wildman–Crippen LogP) is 7.88. The minimum absolute atomic E-state index is 0.0522. The fourth-order valence-corrected chi connectivity index (χ4v) is 6.15. The van der Waals surface area contributed by atoms with Gasteiger partial charge in [0, 0.05) is 27.1 Å². The number of methoxy groups -OCH3 is 1. The van der Waals surface area contributed by atoms with Gasteiger partial charge in [-0.25, -0.2) is 9.37 Å². The Balaban J connectivity index is 1.27. The van der Waals surface area contributed by atoms with Gasteiger partial charge in [-0.05, 0) is 84.8 Å². The first-order valence-electron chi connectivity index (χ1n) is 14.6. The molecular formula is C36H31FN4O4S2. The van der Waals surface area contributed by atoms with Gasteiger partial charge in [0.2, 0.25) is 5.91 Å². The maximum atomic E-state index is 13.5. The fraction of sp³-hybridized carbons (Fsp3) is 0.111. The molecule has 1 atom stereocenters. The first-order valence-corrected chi connectivity index (χ1v) is 16.4. The Morgan fingerprint density at radius 2 is 1.68 bits per heavy atom. The average Bonchev–Trinajstić information content (AvgIpc) is 3.56. The van der Waals surface area contributed by atoms with E-state index in [1.807, 2.05) is 18.4 Å². The normalized spacial score (nSPS) is 11.8. The summed E-state index contributed by atoms with van der Waals surface area (Å²) >= 11 is 2.65. The Labute approximate surface area is 280 Å². The van der Waals surface area contributed by atoms with Crippen LogP contribution >= 0.6 is 23.1 Å². The van der Waals surface area contributed by atoms with Gasteiger partial charge >= 0.3 is 0 Å². The number of amides is 3. The summed E-state index contributed by atoms with van der Waals surface area (Å²) in [5.41, 5.74) is 3.05. The summed E-state index contributed by atoms with van der Waals surface area (Å²) in [6.45, 7) is 1.92. The second-order valence-electron chi connectivity index (χ2n) is 10.2. The summed E-state index contributed by atoms with van der Waals surface area (Å²) in [5, 5.41) is 10.3. The van der Waals surface area contributed by atoms with Gasteiger partial charge in [-0.2, -0.15) is 0 Å². The van der Waals surface area contributed by atoms with Crippen molar-refractivity contribution in [2.75, 3.05) is 17.7 Å². The van der Waals surface area contributed by atoms with Crippen LogP contribution in [0.2, 0.25) is 0 Å². The smallest absolute Gasteiger partial charge is 0.272 e. The van der Waals surface area contributed by atoms with E-state index in [-0.39, 0.29) is 17.4 Å². The monoisotopic (exact) mass is 666 g/mol. The second-order valence-corrected chi connectivity index (χ2v) is 12.3. The molecule has 5 aromatic rings. The van der Waals surface area contributed by atoms with Crippen LogP contribution < -0.4 is 20.7 Å². The van der Waals surface area contributed by atoms with Crippen molar-refractivity contribution in [3.8, 4) is 17.0 Å². The number of hydrogen-bond acceptors (Lipinski definition) is 7. The number of carbonyl (C=O) groups is 3. The summed E-state index contributed by atoms with van der Waals surface area (Å²) in [6, 6.07) is 28.9. The summed E-state index contributed by atoms with van der Waals surface area (Å²) in [5.74, 6) is -0.815. The van der Waals surface area contributed by atoms with Crippen molar-refractivity contribution in [3.05, 3.63) is 131 Å². The summed E-state index contributed by atoms with van der Waals surface area (Å²) in [4.78, 5) is 44.9. The van der Waals surface area contributed by atoms with Gasteiger partial charge in [-0.1, -0.05) is 43.3 Å². The SMILES string of the molecule is CCC(Sc1cccc(NC(=O)/C(=C\c2ccc(OC)cc2)NC(=O)c2ccccc2)c1)C(=O)Nc1nc(-c2ccc(F)cc2)cs1. The zero-order valence-corrected chi connectivity index (χ0v) is 27.2. The van der Waals surface area contributed by atoms with Crippen LogP contribution in [0.4, 0.5) is 15.2 Å². The van der Waals surface area contributed by atoms with Crippen LogP contribution in [-0.2, 0) is 9.59 Å². The van der Waals surface area contributed by atoms with E-state index < -0.39 is 17.1 Å². The lowest BCUT2D eigenvalue weighted by Crippen LogP contribution is -2.30. The molecule has 11 heteroatoms. The third-order valence-corrected chi connectivity index (χ3v) is 8.98. The first-order chi connectivity index (χ1) is 22.8. The number of aromatic nitrogens is 1. The average molecular weight is 667 g/mol. The minimum atomic E-state index is -0.516. The number of ether oxygens (including phenoxy) is 1. The van der Waals surface area contributed by atoms with E-state index in [9.17, 15) is 18.8 Å². The molecule has 0 saturated carbocycles. The molecule has 8 nitrogen and oxygen atoms in total.